The number of hydrogen-bond acceptors (Lipinski definition) is 4. The number of hydrogen-bond donors (Lipinski definition) is 2. The van der Waals surface area contributed by atoms with Crippen LogP contribution < -0.4 is 0 Å². The number of aliphatic hydroxyl groups is 2. The molecular formula is C37H54O4. The highest BCUT2D eigenvalue weighted by Crippen LogP contribution is 2.75. The highest BCUT2D eigenvalue weighted by Gasteiger charge is 2.69. The first-order valence-corrected chi connectivity index (χ1v) is 16.5. The van der Waals surface area contributed by atoms with Crippen LogP contribution in [0.5, 0.6) is 0 Å². The number of rotatable bonds is 4. The quantitative estimate of drug-likeness (QED) is 0.290. The first-order valence-electron chi connectivity index (χ1n) is 16.5. The van der Waals surface area contributed by atoms with Crippen LogP contribution in [0.1, 0.15) is 111 Å². The summed E-state index contributed by atoms with van der Waals surface area (Å²) in [7, 11) is 0. The van der Waals surface area contributed by atoms with Gasteiger partial charge in [0.05, 0.1) is 18.1 Å². The molecule has 9 atom stereocenters. The van der Waals surface area contributed by atoms with Gasteiger partial charge in [0.2, 0.25) is 0 Å². The molecule has 4 nitrogen and oxygen atoms in total. The summed E-state index contributed by atoms with van der Waals surface area (Å²) in [5.41, 5.74) is 2.20. The minimum Gasteiger partial charge on any atom is -0.460 e. The molecule has 2 N–H and O–H groups in total. The van der Waals surface area contributed by atoms with E-state index in [1.807, 2.05) is 30.3 Å². The van der Waals surface area contributed by atoms with Crippen molar-refractivity contribution >= 4 is 5.97 Å². The molecule has 0 heterocycles. The van der Waals surface area contributed by atoms with Crippen molar-refractivity contribution < 1.29 is 19.7 Å². The summed E-state index contributed by atoms with van der Waals surface area (Å²) in [6, 6.07) is 10.1. The molecule has 41 heavy (non-hydrogen) atoms. The minimum absolute atomic E-state index is 0.0210. The molecule has 4 heteroatoms. The smallest absolute Gasteiger partial charge is 0.313 e. The molecule has 0 aliphatic heterocycles. The maximum absolute atomic E-state index is 14.2. The van der Waals surface area contributed by atoms with E-state index in [1.165, 1.54) is 0 Å². The van der Waals surface area contributed by atoms with E-state index >= 15 is 0 Å². The number of carbonyl (C=O) groups is 1. The molecule has 0 unspecified atom stereocenters. The SMILES string of the molecule is CC1(C)CC[C@]2(C(=O)OCc3ccccc3)CC[C@]3(C)C(=CC[C@@H]4[C@@]5(C)CC[C@H](O)[C@@](C)(CO)[C@@H]5CC[C@]43C)[C@@H]2C1. The first kappa shape index (κ1) is 29.4. The molecule has 0 amide bonds. The molecule has 5 aliphatic rings. The van der Waals surface area contributed by atoms with Gasteiger partial charge in [0, 0.05) is 5.41 Å². The van der Waals surface area contributed by atoms with Crippen LogP contribution in [0.15, 0.2) is 42.0 Å². The fourth-order valence-electron chi connectivity index (χ4n) is 11.5. The lowest BCUT2D eigenvalue weighted by atomic mass is 9.33. The van der Waals surface area contributed by atoms with Gasteiger partial charge in [-0.15, -0.1) is 0 Å². The maximum atomic E-state index is 14.2. The van der Waals surface area contributed by atoms with Gasteiger partial charge >= 0.3 is 5.97 Å². The third-order valence-electron chi connectivity index (χ3n) is 14.4. The van der Waals surface area contributed by atoms with Crippen molar-refractivity contribution in [2.75, 3.05) is 6.61 Å². The van der Waals surface area contributed by atoms with Crippen LogP contribution >= 0.6 is 0 Å². The van der Waals surface area contributed by atoms with E-state index in [0.717, 1.165) is 69.8 Å². The highest BCUT2D eigenvalue weighted by atomic mass is 16.5. The number of esters is 1. The Kier molecular flexibility index (Phi) is 6.95. The van der Waals surface area contributed by atoms with E-state index in [1.54, 1.807) is 5.57 Å². The number of aliphatic hydroxyl groups excluding tert-OH is 2. The van der Waals surface area contributed by atoms with Gasteiger partial charge in [-0.3, -0.25) is 4.79 Å². The first-order chi connectivity index (χ1) is 19.3. The van der Waals surface area contributed by atoms with Crippen LogP contribution in [0.3, 0.4) is 0 Å². The average molecular weight is 563 g/mol. The Morgan fingerprint density at radius 3 is 2.32 bits per heavy atom. The van der Waals surface area contributed by atoms with Crippen molar-refractivity contribution in [2.45, 2.75) is 118 Å². The van der Waals surface area contributed by atoms with Crippen LogP contribution in [0.2, 0.25) is 0 Å². The lowest BCUT2D eigenvalue weighted by Crippen LogP contribution is -2.66. The summed E-state index contributed by atoms with van der Waals surface area (Å²) in [6.45, 7) is 14.9. The summed E-state index contributed by atoms with van der Waals surface area (Å²) >= 11 is 0. The highest BCUT2D eigenvalue weighted by molar-refractivity contribution is 5.79. The molecule has 6 rings (SSSR count). The second kappa shape index (κ2) is 9.68. The third-order valence-corrected chi connectivity index (χ3v) is 14.4. The van der Waals surface area contributed by atoms with Crippen molar-refractivity contribution in [3.63, 3.8) is 0 Å². The maximum Gasteiger partial charge on any atom is 0.313 e. The van der Waals surface area contributed by atoms with Crippen LogP contribution in [-0.4, -0.2) is 28.9 Å². The van der Waals surface area contributed by atoms with E-state index in [2.05, 4.69) is 47.6 Å². The van der Waals surface area contributed by atoms with E-state index in [4.69, 9.17) is 4.74 Å². The van der Waals surface area contributed by atoms with E-state index in [9.17, 15) is 15.0 Å². The number of benzene rings is 1. The Balaban J connectivity index is 1.36. The van der Waals surface area contributed by atoms with Gasteiger partial charge in [0.15, 0.2) is 0 Å². The largest absolute Gasteiger partial charge is 0.460 e. The predicted molar refractivity (Wildman–Crippen MR) is 163 cm³/mol. The van der Waals surface area contributed by atoms with Crippen LogP contribution in [0.25, 0.3) is 0 Å². The summed E-state index contributed by atoms with van der Waals surface area (Å²) in [5, 5.41) is 21.6. The second-order valence-electron chi connectivity index (χ2n) is 16.7. The zero-order valence-electron chi connectivity index (χ0n) is 26.5. The Bertz CT molecular complexity index is 1200. The molecule has 1 aromatic rings. The third kappa shape index (κ3) is 4.09. The van der Waals surface area contributed by atoms with Crippen molar-refractivity contribution in [1.29, 1.82) is 0 Å². The standard InChI is InChI=1S/C37H54O4/c1-32(2)18-20-37(31(40)41-23-25-10-8-7-9-11-25)21-19-35(5)26(27(37)22-32)12-13-29-33(3)16-15-30(39)34(4,24-38)28(33)14-17-36(29,35)6/h7-12,27-30,38-39H,13-24H2,1-6H3/t27-,28+,29+,30-,33-,34-,35+,36+,37-/m0/s1. The van der Waals surface area contributed by atoms with Crippen molar-refractivity contribution in [1.82, 2.24) is 0 Å². The van der Waals surface area contributed by atoms with Gasteiger partial charge in [-0.05, 0) is 109 Å². The average Bonchev–Trinajstić information content (AvgIpc) is 2.94. The molecule has 0 aromatic heterocycles. The molecule has 0 saturated heterocycles. The van der Waals surface area contributed by atoms with Crippen LogP contribution in [0.4, 0.5) is 0 Å². The molecule has 0 radical (unpaired) electrons. The van der Waals surface area contributed by atoms with Crippen LogP contribution in [0, 0.1) is 50.2 Å². The van der Waals surface area contributed by atoms with Gasteiger partial charge in [-0.2, -0.15) is 0 Å². The molecule has 4 saturated carbocycles. The minimum atomic E-state index is -0.434. The number of carbonyl (C=O) groups excluding carboxylic acids is 1. The van der Waals surface area contributed by atoms with Crippen LogP contribution in [-0.2, 0) is 16.1 Å². The zero-order chi connectivity index (χ0) is 29.5. The second-order valence-corrected chi connectivity index (χ2v) is 16.7. The molecule has 226 valence electrons. The normalized spacial score (nSPS) is 46.7. The predicted octanol–water partition coefficient (Wildman–Crippen LogP) is 7.86. The van der Waals surface area contributed by atoms with Crippen molar-refractivity contribution in [3.8, 4) is 0 Å². The topological polar surface area (TPSA) is 66.8 Å². The van der Waals surface area contributed by atoms with Gasteiger partial charge in [0.1, 0.15) is 6.61 Å². The van der Waals surface area contributed by atoms with Crippen molar-refractivity contribution in [3.05, 3.63) is 47.5 Å². The lowest BCUT2D eigenvalue weighted by molar-refractivity contribution is -0.217. The number of allylic oxidation sites excluding steroid dienone is 2. The van der Waals surface area contributed by atoms with E-state index < -0.39 is 16.9 Å². The van der Waals surface area contributed by atoms with E-state index in [-0.39, 0.29) is 40.2 Å². The molecule has 5 aliphatic carbocycles. The van der Waals surface area contributed by atoms with Gasteiger partial charge < -0.3 is 14.9 Å². The molecular weight excluding hydrogens is 508 g/mol. The molecule has 0 spiro atoms. The number of fused-ring (bicyclic) bond motifs is 7. The van der Waals surface area contributed by atoms with E-state index in [0.29, 0.717) is 18.4 Å². The summed E-state index contributed by atoms with van der Waals surface area (Å²) in [5.74, 6) is 1.08. The number of ether oxygens (including phenoxy) is 1. The fraction of sp³-hybridized carbons (Fsp3) is 0.757. The summed E-state index contributed by atoms with van der Waals surface area (Å²) < 4.78 is 6.16. The fourth-order valence-corrected chi connectivity index (χ4v) is 11.5. The monoisotopic (exact) mass is 562 g/mol. The van der Waals surface area contributed by atoms with Crippen molar-refractivity contribution in [2.24, 2.45) is 50.2 Å². The molecule has 1 aromatic carbocycles. The lowest BCUT2D eigenvalue weighted by Gasteiger charge is -2.71. The van der Waals surface area contributed by atoms with Gasteiger partial charge in [-0.1, -0.05) is 83.5 Å². The summed E-state index contributed by atoms with van der Waals surface area (Å²) in [6.07, 6.45) is 12.1. The Hall–Kier alpha value is -1.65. The Morgan fingerprint density at radius 1 is 0.902 bits per heavy atom. The summed E-state index contributed by atoms with van der Waals surface area (Å²) in [4.78, 5) is 14.2. The van der Waals surface area contributed by atoms with Gasteiger partial charge in [0.25, 0.3) is 0 Å². The Labute approximate surface area is 248 Å². The molecule has 0 bridgehead atoms. The van der Waals surface area contributed by atoms with Gasteiger partial charge in [-0.25, -0.2) is 0 Å². The zero-order valence-corrected chi connectivity index (χ0v) is 26.5. The Morgan fingerprint density at radius 2 is 1.61 bits per heavy atom. The molecule has 4 fully saturated rings.